The van der Waals surface area contributed by atoms with Crippen LogP contribution in [0.4, 0.5) is 0 Å². The molecule has 2 nitrogen and oxygen atoms in total. The first-order chi connectivity index (χ1) is 14.2. The van der Waals surface area contributed by atoms with E-state index in [1.54, 1.807) is 0 Å². The van der Waals surface area contributed by atoms with Crippen molar-refractivity contribution in [2.45, 2.75) is 69.0 Å². The van der Waals surface area contributed by atoms with Crippen molar-refractivity contribution in [1.29, 1.82) is 0 Å². The molecule has 1 N–H and O–H groups in total. The van der Waals surface area contributed by atoms with Crippen molar-refractivity contribution in [2.75, 3.05) is 11.5 Å². The summed E-state index contributed by atoms with van der Waals surface area (Å²) in [6.45, 7) is 11.0. The van der Waals surface area contributed by atoms with Gasteiger partial charge in [-0.05, 0) is 62.5 Å². The zero-order valence-electron chi connectivity index (χ0n) is 19.0. The second-order valence-corrected chi connectivity index (χ2v) is 17.1. The number of benzene rings is 2. The lowest BCUT2D eigenvalue weighted by molar-refractivity contribution is 0.141. The van der Waals surface area contributed by atoms with Crippen LogP contribution in [0.5, 0.6) is 0 Å². The number of rotatable bonds is 8. The Balaban J connectivity index is 1.85. The van der Waals surface area contributed by atoms with Gasteiger partial charge in [-0.3, -0.25) is 0 Å². The highest BCUT2D eigenvalue weighted by molar-refractivity contribution is 8.18. The number of aliphatic hydroxyl groups excluding tert-OH is 1. The lowest BCUT2D eigenvalue weighted by atomic mass is 9.97. The fraction of sp³-hybridized carbons (Fsp3) is 0.520. The van der Waals surface area contributed by atoms with Crippen LogP contribution in [0.25, 0.3) is 0 Å². The van der Waals surface area contributed by atoms with Gasteiger partial charge in [-0.2, -0.15) is 0 Å². The van der Waals surface area contributed by atoms with Crippen LogP contribution < -0.4 is 0 Å². The first-order valence-electron chi connectivity index (χ1n) is 10.9. The number of aryl methyl sites for hydroxylation is 2. The molecule has 0 aromatic heterocycles. The van der Waals surface area contributed by atoms with Gasteiger partial charge in [0.1, 0.15) is 0 Å². The van der Waals surface area contributed by atoms with Crippen LogP contribution >= 0.6 is 23.5 Å². The molecule has 1 aliphatic heterocycles. The van der Waals surface area contributed by atoms with E-state index in [-0.39, 0.29) is 10.2 Å². The van der Waals surface area contributed by atoms with Gasteiger partial charge in [-0.25, -0.2) is 0 Å². The Morgan fingerprint density at radius 2 is 1.37 bits per heavy atom. The van der Waals surface area contributed by atoms with Crippen LogP contribution in [0.3, 0.4) is 0 Å². The van der Waals surface area contributed by atoms with E-state index in [0.29, 0.717) is 0 Å². The molecule has 1 heterocycles. The molecule has 1 aliphatic rings. The van der Waals surface area contributed by atoms with Crippen molar-refractivity contribution in [3.63, 3.8) is 0 Å². The van der Waals surface area contributed by atoms with E-state index in [1.165, 1.54) is 23.1 Å². The van der Waals surface area contributed by atoms with Crippen LogP contribution in [-0.2, 0) is 4.43 Å². The molecule has 2 aromatic carbocycles. The molecule has 1 fully saturated rings. The van der Waals surface area contributed by atoms with Gasteiger partial charge < -0.3 is 9.53 Å². The molecule has 0 bridgehead atoms. The van der Waals surface area contributed by atoms with Crippen molar-refractivity contribution in [3.05, 3.63) is 70.8 Å². The first-order valence-corrected chi connectivity index (χ1v) is 16.3. The van der Waals surface area contributed by atoms with Crippen LogP contribution in [0.1, 0.15) is 53.7 Å². The molecule has 3 rings (SSSR count). The van der Waals surface area contributed by atoms with E-state index in [2.05, 4.69) is 82.0 Å². The summed E-state index contributed by atoms with van der Waals surface area (Å²) in [5, 5.41) is 11.1. The summed E-state index contributed by atoms with van der Waals surface area (Å²) in [6, 6.07) is 17.1. The molecular formula is C25H36O2S2Si. The van der Waals surface area contributed by atoms with Gasteiger partial charge in [0.2, 0.25) is 0 Å². The maximum Gasteiger partial charge on any atom is 0.184 e. The van der Waals surface area contributed by atoms with E-state index in [1.807, 2.05) is 23.5 Å². The number of hydrogen-bond acceptors (Lipinski definition) is 4. The summed E-state index contributed by atoms with van der Waals surface area (Å²) in [4.78, 5) is 0. The average molecular weight is 461 g/mol. The minimum Gasteiger partial charge on any atom is -0.411 e. The highest BCUT2D eigenvalue weighted by Gasteiger charge is 2.40. The SMILES string of the molecule is Cc1ccc([C@H](CC2(C[C@H](O)c3ccc(C)cc3)SCCCS2)O[Si](C)(C)C)cc1. The summed E-state index contributed by atoms with van der Waals surface area (Å²) < 4.78 is 6.70. The second-order valence-electron chi connectivity index (χ2n) is 9.43. The summed E-state index contributed by atoms with van der Waals surface area (Å²) in [7, 11) is -1.73. The Labute approximate surface area is 192 Å². The number of hydrogen-bond donors (Lipinski definition) is 1. The third kappa shape index (κ3) is 6.89. The Morgan fingerprint density at radius 3 is 1.87 bits per heavy atom. The topological polar surface area (TPSA) is 29.5 Å². The monoisotopic (exact) mass is 460 g/mol. The standard InChI is InChI=1S/C25H36O2S2Si/c1-19-7-11-21(12-8-19)23(26)17-25(28-15-6-16-29-25)18-24(27-30(3,4)5)22-13-9-20(2)10-14-22/h7-14,23-24,26H,6,15-18H2,1-5H3/t23-,24-/m0/s1. The van der Waals surface area contributed by atoms with Gasteiger partial charge in [0.15, 0.2) is 8.32 Å². The van der Waals surface area contributed by atoms with Crippen molar-refractivity contribution in [3.8, 4) is 0 Å². The van der Waals surface area contributed by atoms with Crippen molar-refractivity contribution in [1.82, 2.24) is 0 Å². The molecule has 30 heavy (non-hydrogen) atoms. The zero-order chi connectivity index (χ0) is 21.8. The van der Waals surface area contributed by atoms with Crippen LogP contribution in [0.15, 0.2) is 48.5 Å². The normalized spacial score (nSPS) is 18.7. The lowest BCUT2D eigenvalue weighted by Crippen LogP contribution is -2.35. The first kappa shape index (κ1) is 23.9. The molecule has 0 aliphatic carbocycles. The maximum atomic E-state index is 11.1. The minimum atomic E-state index is -1.73. The minimum absolute atomic E-state index is 0.0300. The van der Waals surface area contributed by atoms with Crippen molar-refractivity contribution >= 4 is 31.8 Å². The van der Waals surface area contributed by atoms with Gasteiger partial charge in [0.25, 0.3) is 0 Å². The second kappa shape index (κ2) is 10.3. The zero-order valence-corrected chi connectivity index (χ0v) is 21.6. The van der Waals surface area contributed by atoms with Gasteiger partial charge in [0, 0.05) is 12.8 Å². The van der Waals surface area contributed by atoms with E-state index >= 15 is 0 Å². The Hall–Kier alpha value is -0.723. The predicted octanol–water partition coefficient (Wildman–Crippen LogP) is 7.28. The molecule has 0 spiro atoms. The number of thioether (sulfide) groups is 2. The highest BCUT2D eigenvalue weighted by atomic mass is 32.2. The van der Waals surface area contributed by atoms with Gasteiger partial charge >= 0.3 is 0 Å². The molecule has 5 heteroatoms. The Morgan fingerprint density at radius 1 is 0.867 bits per heavy atom. The van der Waals surface area contributed by atoms with Gasteiger partial charge in [0.05, 0.1) is 16.3 Å². The fourth-order valence-corrected chi connectivity index (χ4v) is 8.36. The molecular weight excluding hydrogens is 424 g/mol. The van der Waals surface area contributed by atoms with E-state index in [4.69, 9.17) is 4.43 Å². The van der Waals surface area contributed by atoms with Gasteiger partial charge in [-0.1, -0.05) is 59.7 Å². The largest absolute Gasteiger partial charge is 0.411 e. The smallest absolute Gasteiger partial charge is 0.184 e. The molecule has 0 unspecified atom stereocenters. The van der Waals surface area contributed by atoms with Crippen LogP contribution in [0.2, 0.25) is 19.6 Å². The maximum absolute atomic E-state index is 11.1. The van der Waals surface area contributed by atoms with Crippen molar-refractivity contribution in [2.24, 2.45) is 0 Å². The summed E-state index contributed by atoms with van der Waals surface area (Å²) in [5.74, 6) is 2.31. The molecule has 164 valence electrons. The molecule has 2 aromatic rings. The van der Waals surface area contributed by atoms with E-state index in [0.717, 1.165) is 29.9 Å². The molecule has 0 radical (unpaired) electrons. The Kier molecular flexibility index (Phi) is 8.19. The van der Waals surface area contributed by atoms with Crippen molar-refractivity contribution < 1.29 is 9.53 Å². The number of aliphatic hydroxyl groups is 1. The Bertz CT molecular complexity index is 793. The summed E-state index contributed by atoms with van der Waals surface area (Å²) in [5.41, 5.74) is 4.78. The van der Waals surface area contributed by atoms with Gasteiger partial charge in [-0.15, -0.1) is 23.5 Å². The summed E-state index contributed by atoms with van der Waals surface area (Å²) >= 11 is 4.05. The average Bonchev–Trinajstić information content (AvgIpc) is 2.68. The molecule has 0 saturated carbocycles. The van der Waals surface area contributed by atoms with Crippen LogP contribution in [0, 0.1) is 13.8 Å². The quantitative estimate of drug-likeness (QED) is 0.419. The summed E-state index contributed by atoms with van der Waals surface area (Å²) in [6.07, 6.45) is 2.54. The third-order valence-corrected chi connectivity index (χ3v) is 9.83. The highest BCUT2D eigenvalue weighted by Crippen LogP contribution is 2.53. The molecule has 1 saturated heterocycles. The van der Waals surface area contributed by atoms with E-state index in [9.17, 15) is 5.11 Å². The van der Waals surface area contributed by atoms with Crippen LogP contribution in [-0.4, -0.2) is 29.0 Å². The molecule has 0 amide bonds. The lowest BCUT2D eigenvalue weighted by Gasteiger charge is -2.41. The fourth-order valence-electron chi connectivity index (χ4n) is 3.85. The van der Waals surface area contributed by atoms with E-state index < -0.39 is 14.4 Å². The molecule has 2 atom stereocenters. The third-order valence-electron chi connectivity index (χ3n) is 5.43. The predicted molar refractivity (Wildman–Crippen MR) is 136 cm³/mol.